The highest BCUT2D eigenvalue weighted by atomic mass is 16.3. The summed E-state index contributed by atoms with van der Waals surface area (Å²) in [7, 11) is 0. The van der Waals surface area contributed by atoms with Gasteiger partial charge in [-0.05, 0) is 86.9 Å². The predicted octanol–water partition coefficient (Wildman–Crippen LogP) is 2.68. The number of Topliss-reactive ketones (excluding diaryl/α,β-unsaturated/α-hetero) is 1. The van der Waals surface area contributed by atoms with Gasteiger partial charge in [0.25, 0.3) is 0 Å². The molecule has 0 radical (unpaired) electrons. The normalized spacial score (nSPS) is 55.2. The maximum Gasteiger partial charge on any atom is 0.190 e. The van der Waals surface area contributed by atoms with E-state index in [-0.39, 0.29) is 17.3 Å². The zero-order valence-electron chi connectivity index (χ0n) is 15.7. The van der Waals surface area contributed by atoms with Gasteiger partial charge in [0.1, 0.15) is 12.2 Å². The van der Waals surface area contributed by atoms with Gasteiger partial charge in [-0.1, -0.05) is 13.8 Å². The minimum atomic E-state index is -1.34. The minimum absolute atomic E-state index is 0.123. The zero-order chi connectivity index (χ0) is 18.0. The van der Waals surface area contributed by atoms with E-state index in [9.17, 15) is 20.1 Å². The van der Waals surface area contributed by atoms with Crippen molar-refractivity contribution in [3.05, 3.63) is 0 Å². The van der Waals surface area contributed by atoms with Crippen LogP contribution in [-0.4, -0.2) is 39.4 Å². The molecule has 0 spiro atoms. The molecule has 4 heteroatoms. The molecule has 0 bridgehead atoms. The van der Waals surface area contributed by atoms with Crippen LogP contribution in [0.2, 0.25) is 0 Å². The summed E-state index contributed by atoms with van der Waals surface area (Å²) in [6.45, 7) is 4.00. The second kappa shape index (κ2) is 5.77. The molecule has 142 valence electrons. The summed E-state index contributed by atoms with van der Waals surface area (Å²) in [6, 6.07) is 0. The van der Waals surface area contributed by atoms with Crippen LogP contribution >= 0.6 is 0 Å². The number of hydrogen-bond donors (Lipinski definition) is 3. The molecular weight excluding hydrogens is 316 g/mol. The Bertz CT molecular complexity index is 562. The van der Waals surface area contributed by atoms with E-state index in [0.29, 0.717) is 35.5 Å². The molecule has 0 saturated heterocycles. The van der Waals surface area contributed by atoms with Crippen molar-refractivity contribution < 1.29 is 20.1 Å². The zero-order valence-corrected chi connectivity index (χ0v) is 15.7. The Kier molecular flexibility index (Phi) is 4.14. The largest absolute Gasteiger partial charge is 0.393 e. The van der Waals surface area contributed by atoms with E-state index in [1.807, 2.05) is 0 Å². The fraction of sp³-hybridized carbons (Fsp3) is 0.952. The topological polar surface area (TPSA) is 77.8 Å². The maximum absolute atomic E-state index is 12.4. The van der Waals surface area contributed by atoms with Gasteiger partial charge < -0.3 is 15.3 Å². The number of aliphatic hydroxyl groups is 3. The summed E-state index contributed by atoms with van der Waals surface area (Å²) in [5, 5.41) is 30.7. The summed E-state index contributed by atoms with van der Waals surface area (Å²) in [4.78, 5) is 12.4. The first-order valence-electron chi connectivity index (χ1n) is 10.3. The van der Waals surface area contributed by atoms with Gasteiger partial charge in [-0.2, -0.15) is 0 Å². The summed E-state index contributed by atoms with van der Waals surface area (Å²) >= 11 is 0. The lowest BCUT2D eigenvalue weighted by Gasteiger charge is -2.61. The number of ketones is 1. The van der Waals surface area contributed by atoms with Crippen LogP contribution in [0.4, 0.5) is 0 Å². The standard InChI is InChI=1S/C21H34O4/c1-19-8-5-14(23)11-13(19)3-4-15-16(19)6-9-20(2)17(15)7-10-21(20,25)18(24)12-22/h13-17,22-23,25H,3-12H2,1-2H3/t13-,14+,15+,16-,17-,19-,20-,21-/m0/s1. The van der Waals surface area contributed by atoms with Crippen molar-refractivity contribution in [1.29, 1.82) is 0 Å². The van der Waals surface area contributed by atoms with Gasteiger partial charge in [-0.15, -0.1) is 0 Å². The highest BCUT2D eigenvalue weighted by Crippen LogP contribution is 2.68. The lowest BCUT2D eigenvalue weighted by molar-refractivity contribution is -0.174. The second-order valence-electron chi connectivity index (χ2n) is 10.0. The Morgan fingerprint density at radius 3 is 2.44 bits per heavy atom. The van der Waals surface area contributed by atoms with Gasteiger partial charge in [0, 0.05) is 5.41 Å². The molecule has 4 rings (SSSR count). The van der Waals surface area contributed by atoms with Crippen molar-refractivity contribution in [3.8, 4) is 0 Å². The van der Waals surface area contributed by atoms with Crippen molar-refractivity contribution in [1.82, 2.24) is 0 Å². The molecule has 4 aliphatic carbocycles. The fourth-order valence-corrected chi connectivity index (χ4v) is 7.84. The summed E-state index contributed by atoms with van der Waals surface area (Å²) < 4.78 is 0. The van der Waals surface area contributed by atoms with Crippen molar-refractivity contribution in [2.24, 2.45) is 34.5 Å². The number of fused-ring (bicyclic) bond motifs is 5. The summed E-state index contributed by atoms with van der Waals surface area (Å²) in [5.41, 5.74) is -1.41. The fourth-order valence-electron chi connectivity index (χ4n) is 7.84. The molecule has 0 aliphatic heterocycles. The lowest BCUT2D eigenvalue weighted by atomic mass is 9.44. The Balaban J connectivity index is 1.63. The van der Waals surface area contributed by atoms with Crippen molar-refractivity contribution in [3.63, 3.8) is 0 Å². The summed E-state index contributed by atoms with van der Waals surface area (Å²) in [5.74, 6) is 1.87. The number of rotatable bonds is 2. The van der Waals surface area contributed by atoms with E-state index in [0.717, 1.165) is 38.5 Å². The second-order valence-corrected chi connectivity index (χ2v) is 10.0. The van der Waals surface area contributed by atoms with Crippen molar-refractivity contribution in [2.75, 3.05) is 6.61 Å². The number of aliphatic hydroxyl groups excluding tert-OH is 2. The lowest BCUT2D eigenvalue weighted by Crippen LogP contribution is -2.59. The highest BCUT2D eigenvalue weighted by Gasteiger charge is 2.66. The van der Waals surface area contributed by atoms with Gasteiger partial charge >= 0.3 is 0 Å². The Labute approximate surface area is 151 Å². The van der Waals surface area contributed by atoms with Gasteiger partial charge in [-0.25, -0.2) is 0 Å². The molecule has 0 amide bonds. The van der Waals surface area contributed by atoms with E-state index < -0.39 is 12.2 Å². The first-order chi connectivity index (χ1) is 11.8. The van der Waals surface area contributed by atoms with Crippen LogP contribution in [0.3, 0.4) is 0 Å². The van der Waals surface area contributed by atoms with Gasteiger partial charge in [0.2, 0.25) is 0 Å². The Morgan fingerprint density at radius 2 is 1.72 bits per heavy atom. The van der Waals surface area contributed by atoms with E-state index in [2.05, 4.69) is 13.8 Å². The highest BCUT2D eigenvalue weighted by molar-refractivity contribution is 5.89. The number of carbonyl (C=O) groups excluding carboxylic acids is 1. The molecule has 4 saturated carbocycles. The van der Waals surface area contributed by atoms with Crippen LogP contribution < -0.4 is 0 Å². The Hall–Kier alpha value is -0.450. The molecule has 4 aliphatic rings. The third-order valence-electron chi connectivity index (χ3n) is 9.39. The third kappa shape index (κ3) is 2.26. The van der Waals surface area contributed by atoms with Crippen LogP contribution in [0.25, 0.3) is 0 Å². The third-order valence-corrected chi connectivity index (χ3v) is 9.39. The van der Waals surface area contributed by atoms with E-state index in [1.165, 1.54) is 12.8 Å². The molecule has 3 N–H and O–H groups in total. The van der Waals surface area contributed by atoms with Crippen molar-refractivity contribution in [2.45, 2.75) is 83.3 Å². The molecule has 4 nitrogen and oxygen atoms in total. The van der Waals surface area contributed by atoms with E-state index in [4.69, 9.17) is 0 Å². The average Bonchev–Trinajstić information content (AvgIpc) is 2.87. The van der Waals surface area contributed by atoms with E-state index >= 15 is 0 Å². The SMILES string of the molecule is C[C@]12CC[C@@H](O)C[C@@H]1CC[C@@H]1[C@@H]2CC[C@@]2(C)[C@H]1CC[C@]2(O)C(=O)CO. The molecule has 0 aromatic carbocycles. The predicted molar refractivity (Wildman–Crippen MR) is 94.8 cm³/mol. The quantitative estimate of drug-likeness (QED) is 0.715. The molecule has 0 unspecified atom stereocenters. The molecule has 0 aromatic rings. The van der Waals surface area contributed by atoms with Crippen LogP contribution in [-0.2, 0) is 4.79 Å². The first-order valence-corrected chi connectivity index (χ1v) is 10.3. The molecule has 4 fully saturated rings. The van der Waals surface area contributed by atoms with Gasteiger partial charge in [-0.3, -0.25) is 4.79 Å². The Morgan fingerprint density at radius 1 is 1.00 bits per heavy atom. The molecule has 0 aromatic heterocycles. The maximum atomic E-state index is 12.4. The van der Waals surface area contributed by atoms with Gasteiger partial charge in [0.05, 0.1) is 6.10 Å². The first kappa shape index (κ1) is 17.9. The average molecular weight is 350 g/mol. The molecule has 0 heterocycles. The van der Waals surface area contributed by atoms with Crippen LogP contribution in [0, 0.1) is 34.5 Å². The number of hydrogen-bond acceptors (Lipinski definition) is 4. The van der Waals surface area contributed by atoms with Gasteiger partial charge in [0.15, 0.2) is 5.78 Å². The van der Waals surface area contributed by atoms with Crippen LogP contribution in [0.15, 0.2) is 0 Å². The molecule has 25 heavy (non-hydrogen) atoms. The van der Waals surface area contributed by atoms with Crippen molar-refractivity contribution >= 4 is 5.78 Å². The minimum Gasteiger partial charge on any atom is -0.393 e. The van der Waals surface area contributed by atoms with Crippen LogP contribution in [0.1, 0.15) is 71.6 Å². The molecular formula is C21H34O4. The van der Waals surface area contributed by atoms with E-state index in [1.54, 1.807) is 0 Å². The van der Waals surface area contributed by atoms with Crippen LogP contribution in [0.5, 0.6) is 0 Å². The number of carbonyl (C=O) groups is 1. The monoisotopic (exact) mass is 350 g/mol. The smallest absolute Gasteiger partial charge is 0.190 e. The summed E-state index contributed by atoms with van der Waals surface area (Å²) in [6.07, 6.45) is 8.58. The molecule has 8 atom stereocenters.